The van der Waals surface area contributed by atoms with E-state index in [1.807, 2.05) is 92.4 Å². The zero-order valence-electron chi connectivity index (χ0n) is 18.7. The maximum absolute atomic E-state index is 13.4. The Morgan fingerprint density at radius 1 is 1.06 bits per heavy atom. The molecule has 4 aliphatic heterocycles. The van der Waals surface area contributed by atoms with Crippen molar-refractivity contribution in [3.8, 4) is 0 Å². The second kappa shape index (κ2) is 6.75. The number of rotatable bonds is 1. The van der Waals surface area contributed by atoms with Crippen molar-refractivity contribution >= 4 is 29.4 Å². The molecular formula is C26H24N6O. The summed E-state index contributed by atoms with van der Waals surface area (Å²) in [4.78, 5) is 31.1. The number of nitrogens with one attached hydrogen (secondary N) is 2. The molecule has 2 N–H and O–H groups in total. The van der Waals surface area contributed by atoms with Crippen LogP contribution in [0.1, 0.15) is 19.5 Å². The van der Waals surface area contributed by atoms with E-state index < -0.39 is 17.0 Å². The van der Waals surface area contributed by atoms with Gasteiger partial charge in [-0.1, -0.05) is 0 Å². The van der Waals surface area contributed by atoms with Crippen LogP contribution in [0.3, 0.4) is 0 Å². The molecule has 33 heavy (non-hydrogen) atoms. The number of hydrogen-bond acceptors (Lipinski definition) is 5. The molecule has 7 nitrogen and oxygen atoms in total. The van der Waals surface area contributed by atoms with Gasteiger partial charge in [0.05, 0.1) is 34.6 Å². The molecule has 4 aliphatic rings. The summed E-state index contributed by atoms with van der Waals surface area (Å²) in [6.07, 6.45) is 19.6. The molecule has 0 aromatic carbocycles. The van der Waals surface area contributed by atoms with E-state index >= 15 is 0 Å². The maximum Gasteiger partial charge on any atom is 0.170 e. The lowest BCUT2D eigenvalue weighted by Gasteiger charge is -2.23. The van der Waals surface area contributed by atoms with Crippen molar-refractivity contribution in [2.75, 3.05) is 0 Å². The lowest BCUT2D eigenvalue weighted by molar-refractivity contribution is -0.123. The average Bonchev–Trinajstić information content (AvgIpc) is 3.57. The number of fused-ring (bicyclic) bond motifs is 6. The number of aromatic amines is 1. The largest absolute Gasteiger partial charge is 0.375 e. The molecule has 0 saturated carbocycles. The Labute approximate surface area is 191 Å². The van der Waals surface area contributed by atoms with Crippen LogP contribution in [-0.4, -0.2) is 37.8 Å². The Balaban J connectivity index is 1.60. The summed E-state index contributed by atoms with van der Waals surface area (Å²) < 4.78 is 1.91. The van der Waals surface area contributed by atoms with Crippen LogP contribution in [0.15, 0.2) is 82.5 Å². The minimum absolute atomic E-state index is 0.106. The second-order valence-corrected chi connectivity index (χ2v) is 9.41. The van der Waals surface area contributed by atoms with Crippen LogP contribution in [0.5, 0.6) is 0 Å². The Morgan fingerprint density at radius 2 is 1.85 bits per heavy atom. The van der Waals surface area contributed by atoms with Crippen LogP contribution < -0.4 is 16.0 Å². The van der Waals surface area contributed by atoms with Crippen molar-refractivity contribution in [2.24, 2.45) is 22.4 Å². The summed E-state index contributed by atoms with van der Waals surface area (Å²) in [6.45, 7) is 3.91. The van der Waals surface area contributed by atoms with E-state index in [0.29, 0.717) is 0 Å². The number of imidazole rings is 1. The lowest BCUT2D eigenvalue weighted by atomic mass is 9.83. The van der Waals surface area contributed by atoms with Crippen molar-refractivity contribution in [2.45, 2.75) is 25.4 Å². The number of H-pyrrole nitrogens is 1. The van der Waals surface area contributed by atoms with Gasteiger partial charge in [-0.05, 0) is 74.6 Å². The fourth-order valence-electron chi connectivity index (χ4n) is 4.65. The average molecular weight is 437 g/mol. The van der Waals surface area contributed by atoms with Gasteiger partial charge in [0.15, 0.2) is 5.78 Å². The number of carbonyl (C=O) groups is 1. The van der Waals surface area contributed by atoms with Crippen LogP contribution in [0.2, 0.25) is 0 Å². The minimum atomic E-state index is -0.799. The second-order valence-electron chi connectivity index (χ2n) is 9.41. The first kappa shape index (κ1) is 19.7. The van der Waals surface area contributed by atoms with Gasteiger partial charge in [-0.2, -0.15) is 0 Å². The van der Waals surface area contributed by atoms with Gasteiger partial charge in [-0.25, -0.2) is 9.98 Å². The molecule has 8 bridgehead atoms. The van der Waals surface area contributed by atoms with Gasteiger partial charge in [-0.3, -0.25) is 9.79 Å². The van der Waals surface area contributed by atoms with Crippen molar-refractivity contribution in [3.63, 3.8) is 0 Å². The molecule has 2 aromatic rings. The van der Waals surface area contributed by atoms with E-state index in [-0.39, 0.29) is 5.78 Å². The normalized spacial score (nSPS) is 26.8. The van der Waals surface area contributed by atoms with Crippen molar-refractivity contribution in [1.29, 1.82) is 0 Å². The third-order valence-corrected chi connectivity index (χ3v) is 6.54. The van der Waals surface area contributed by atoms with Gasteiger partial charge in [0.2, 0.25) is 0 Å². The van der Waals surface area contributed by atoms with Crippen LogP contribution in [0.4, 0.5) is 0 Å². The van der Waals surface area contributed by atoms with Crippen LogP contribution in [-0.2, 0) is 17.4 Å². The monoisotopic (exact) mass is 436 g/mol. The van der Waals surface area contributed by atoms with E-state index in [1.165, 1.54) is 0 Å². The molecule has 164 valence electrons. The summed E-state index contributed by atoms with van der Waals surface area (Å²) in [5.41, 5.74) is 2.59. The molecule has 6 rings (SSSR count). The van der Waals surface area contributed by atoms with Gasteiger partial charge >= 0.3 is 0 Å². The lowest BCUT2D eigenvalue weighted by Crippen LogP contribution is -2.27. The van der Waals surface area contributed by atoms with E-state index in [0.717, 1.165) is 39.2 Å². The molecule has 2 atom stereocenters. The zero-order valence-corrected chi connectivity index (χ0v) is 18.7. The van der Waals surface area contributed by atoms with Gasteiger partial charge in [0, 0.05) is 29.6 Å². The highest BCUT2D eigenvalue weighted by atomic mass is 16.1. The summed E-state index contributed by atoms with van der Waals surface area (Å²) in [6, 6.07) is 3.59. The molecule has 0 radical (unpaired) electrons. The minimum Gasteiger partial charge on any atom is -0.375 e. The number of aryl methyl sites for hydroxylation is 1. The molecule has 0 aliphatic carbocycles. The summed E-state index contributed by atoms with van der Waals surface area (Å²) in [5, 5.41) is 5.36. The quantitative estimate of drug-likeness (QED) is 0.712. The predicted octanol–water partition coefficient (Wildman–Crippen LogP) is 1.57. The Hall–Kier alpha value is -4.00. The number of aliphatic imine (C=N–C) groups is 2. The number of ketones is 1. The fourth-order valence-corrected chi connectivity index (χ4v) is 4.65. The van der Waals surface area contributed by atoms with E-state index in [1.54, 1.807) is 6.33 Å². The molecule has 7 heteroatoms. The first-order valence-corrected chi connectivity index (χ1v) is 11.0. The van der Waals surface area contributed by atoms with E-state index in [4.69, 9.17) is 4.99 Å². The summed E-state index contributed by atoms with van der Waals surface area (Å²) in [7, 11) is 1.94. The molecule has 0 spiro atoms. The molecule has 2 unspecified atom stereocenters. The number of allylic oxidation sites excluding steroid dienone is 4. The standard InChI is InChI=1S/C26H24N6O/c1-25(2)22-13-26(23-14-32(3)15-27-23)9-8-20(31-26)11-18-5-4-16(28-18)10-17-6-7-19(29-17)12-21(30-22)24(25)33/h4-15,21,28,30H,1-3H3. The molecular weight excluding hydrogens is 412 g/mol. The molecule has 1 fully saturated rings. The van der Waals surface area contributed by atoms with Crippen LogP contribution in [0, 0.1) is 5.41 Å². The van der Waals surface area contributed by atoms with E-state index in [2.05, 4.69) is 20.3 Å². The first-order valence-electron chi connectivity index (χ1n) is 11.0. The smallest absolute Gasteiger partial charge is 0.170 e. The zero-order chi connectivity index (χ0) is 22.8. The third kappa shape index (κ3) is 3.19. The number of carbonyl (C=O) groups excluding carboxylic acids is 1. The molecule has 1 saturated heterocycles. The summed E-state index contributed by atoms with van der Waals surface area (Å²) >= 11 is 0. The highest BCUT2D eigenvalue weighted by molar-refractivity contribution is 6.20. The highest BCUT2D eigenvalue weighted by Crippen LogP contribution is 2.40. The maximum atomic E-state index is 13.4. The predicted molar refractivity (Wildman–Crippen MR) is 129 cm³/mol. The van der Waals surface area contributed by atoms with Crippen LogP contribution in [0.25, 0.3) is 12.2 Å². The van der Waals surface area contributed by atoms with E-state index in [9.17, 15) is 4.79 Å². The number of nitrogens with zero attached hydrogens (tertiary/aromatic N) is 4. The third-order valence-electron chi connectivity index (χ3n) is 6.54. The number of Topliss-reactive ketones (excluding diaryl/α,β-unsaturated/α-hetero) is 1. The number of aromatic nitrogens is 3. The van der Waals surface area contributed by atoms with Crippen molar-refractivity contribution in [1.82, 2.24) is 19.9 Å². The Kier molecular flexibility index (Phi) is 4.02. The van der Waals surface area contributed by atoms with Gasteiger partial charge < -0.3 is 14.9 Å². The van der Waals surface area contributed by atoms with Crippen molar-refractivity contribution in [3.05, 3.63) is 88.9 Å². The molecule has 2 aromatic heterocycles. The first-order chi connectivity index (χ1) is 15.8. The van der Waals surface area contributed by atoms with Gasteiger partial charge in [0.1, 0.15) is 11.6 Å². The molecule has 0 amide bonds. The highest BCUT2D eigenvalue weighted by Gasteiger charge is 2.46. The SMILES string of the molecule is Cn1cnc(C23C=CC(=N2)C=c2ccc([nH]2)=CC2=NC(=CC4NC(=C3)C(C)(C)C4=O)C=C2)c1. The fraction of sp³-hybridized carbons (Fsp3) is 0.231. The van der Waals surface area contributed by atoms with Crippen LogP contribution >= 0.6 is 0 Å². The van der Waals surface area contributed by atoms with Gasteiger partial charge in [-0.15, -0.1) is 0 Å². The Morgan fingerprint density at radius 3 is 2.61 bits per heavy atom. The van der Waals surface area contributed by atoms with Gasteiger partial charge in [0.25, 0.3) is 0 Å². The topological polar surface area (TPSA) is 87.4 Å². The summed E-state index contributed by atoms with van der Waals surface area (Å²) in [5.74, 6) is 0.106. The van der Waals surface area contributed by atoms with Crippen molar-refractivity contribution < 1.29 is 4.79 Å². The number of hydrogen-bond donors (Lipinski definition) is 2. The Bertz CT molecular complexity index is 1500. The molecule has 6 heterocycles.